The second-order valence-corrected chi connectivity index (χ2v) is 6.34. The number of hydrogen-bond acceptors (Lipinski definition) is 6. The maximum atomic E-state index is 13.2. The van der Waals surface area contributed by atoms with E-state index in [0.29, 0.717) is 11.3 Å². The van der Waals surface area contributed by atoms with E-state index < -0.39 is 11.7 Å². The van der Waals surface area contributed by atoms with E-state index in [-0.39, 0.29) is 17.8 Å². The smallest absolute Gasteiger partial charge is 0.384 e. The number of aromatic nitrogens is 2. The molecule has 2 aromatic rings. The first-order valence-electron chi connectivity index (χ1n) is 8.77. The minimum absolute atomic E-state index is 0.0209. The van der Waals surface area contributed by atoms with Gasteiger partial charge >= 0.3 is 6.18 Å². The number of hydrogen-bond donors (Lipinski definition) is 4. The number of rotatable bonds is 8. The summed E-state index contributed by atoms with van der Waals surface area (Å²) in [6.07, 6.45) is 0.0184. The van der Waals surface area contributed by atoms with Gasteiger partial charge in [0.1, 0.15) is 11.4 Å². The molecule has 6 nitrogen and oxygen atoms in total. The highest BCUT2D eigenvalue weighted by Gasteiger charge is 2.36. The quantitative estimate of drug-likeness (QED) is 0.503. The fraction of sp³-hybridized carbons (Fsp3) is 0.389. The maximum absolute atomic E-state index is 13.2. The van der Waals surface area contributed by atoms with E-state index in [1.807, 2.05) is 13.0 Å². The fourth-order valence-electron chi connectivity index (χ4n) is 2.54. The molecule has 1 aliphatic rings. The summed E-state index contributed by atoms with van der Waals surface area (Å²) >= 11 is 0. The van der Waals surface area contributed by atoms with Crippen LogP contribution in [-0.4, -0.2) is 28.8 Å². The van der Waals surface area contributed by atoms with Crippen molar-refractivity contribution in [3.63, 3.8) is 0 Å². The first-order chi connectivity index (χ1) is 12.9. The normalized spacial score (nSPS) is 13.9. The lowest BCUT2D eigenvalue weighted by molar-refractivity contribution is -0.137. The third-order valence-corrected chi connectivity index (χ3v) is 4.07. The van der Waals surface area contributed by atoms with Gasteiger partial charge in [-0.1, -0.05) is 13.0 Å². The monoisotopic (exact) mass is 378 g/mol. The molecule has 9 heteroatoms. The molecule has 4 N–H and O–H groups in total. The number of nitrogens with zero attached hydrogens (tertiary/aromatic N) is 2. The summed E-state index contributed by atoms with van der Waals surface area (Å²) in [5, 5.41) is 16.6. The van der Waals surface area contributed by atoms with Crippen LogP contribution in [0.2, 0.25) is 0 Å². The van der Waals surface area contributed by atoms with Crippen LogP contribution in [0, 0.1) is 5.41 Å². The van der Waals surface area contributed by atoms with Gasteiger partial charge in [-0.25, -0.2) is 4.98 Å². The fourth-order valence-corrected chi connectivity index (χ4v) is 2.54. The average molecular weight is 378 g/mol. The predicted molar refractivity (Wildman–Crippen MR) is 100 cm³/mol. The standard InChI is InChI=1S/C18H21F3N6/c1-2-8-23-14-4-3-5-15(12(14)9-22)26-17-24-10-13(18(19,20)21)16(27-17)25-11-6-7-11/h3-5,9-11,22-23H,2,6-8H2,1H3,(H2,24,25,26,27). The minimum Gasteiger partial charge on any atom is -0.384 e. The Morgan fingerprint density at radius 1 is 1.26 bits per heavy atom. The Hall–Kier alpha value is -2.84. The van der Waals surface area contributed by atoms with Gasteiger partial charge in [-0.2, -0.15) is 18.2 Å². The summed E-state index contributed by atoms with van der Waals surface area (Å²) in [6.45, 7) is 2.78. The van der Waals surface area contributed by atoms with Crippen LogP contribution in [0.1, 0.15) is 37.3 Å². The number of halogens is 3. The van der Waals surface area contributed by atoms with Crippen LogP contribution in [0.15, 0.2) is 24.4 Å². The van der Waals surface area contributed by atoms with Gasteiger partial charge in [0, 0.05) is 36.2 Å². The Balaban J connectivity index is 1.90. The third kappa shape index (κ3) is 4.66. The molecule has 1 aliphatic carbocycles. The topological polar surface area (TPSA) is 85.7 Å². The van der Waals surface area contributed by atoms with E-state index in [1.165, 1.54) is 6.21 Å². The summed E-state index contributed by atoms with van der Waals surface area (Å²) in [5.41, 5.74) is 1.01. The third-order valence-electron chi connectivity index (χ3n) is 4.07. The van der Waals surface area contributed by atoms with E-state index in [1.54, 1.807) is 12.1 Å². The molecule has 1 saturated carbocycles. The Morgan fingerprint density at radius 2 is 2.00 bits per heavy atom. The van der Waals surface area contributed by atoms with Crippen molar-refractivity contribution in [3.8, 4) is 0 Å². The molecular formula is C18H21F3N6. The molecule has 0 aliphatic heterocycles. The SMILES string of the molecule is CCCNc1cccc(Nc2ncc(C(F)(F)F)c(NC3CC3)n2)c1C=N. The summed E-state index contributed by atoms with van der Waals surface area (Å²) in [5.74, 6) is -0.180. The average Bonchev–Trinajstić information content (AvgIpc) is 3.43. The van der Waals surface area contributed by atoms with Gasteiger partial charge < -0.3 is 21.4 Å². The van der Waals surface area contributed by atoms with Crippen molar-refractivity contribution in [1.82, 2.24) is 9.97 Å². The molecule has 144 valence electrons. The zero-order chi connectivity index (χ0) is 19.4. The van der Waals surface area contributed by atoms with Crippen LogP contribution in [-0.2, 0) is 6.18 Å². The molecule has 0 amide bonds. The van der Waals surface area contributed by atoms with Crippen molar-refractivity contribution < 1.29 is 13.2 Å². The predicted octanol–water partition coefficient (Wildman–Crippen LogP) is 4.63. The summed E-state index contributed by atoms with van der Waals surface area (Å²) in [4.78, 5) is 7.85. The Bertz CT molecular complexity index is 817. The van der Waals surface area contributed by atoms with Crippen LogP contribution in [0.3, 0.4) is 0 Å². The van der Waals surface area contributed by atoms with Crippen molar-refractivity contribution in [2.75, 3.05) is 22.5 Å². The first kappa shape index (κ1) is 18.9. The van der Waals surface area contributed by atoms with Gasteiger partial charge in [-0.3, -0.25) is 0 Å². The van der Waals surface area contributed by atoms with Crippen molar-refractivity contribution in [2.45, 2.75) is 38.4 Å². The lowest BCUT2D eigenvalue weighted by atomic mass is 10.1. The molecule has 3 rings (SSSR count). The van der Waals surface area contributed by atoms with Crippen LogP contribution in [0.5, 0.6) is 0 Å². The first-order valence-corrected chi connectivity index (χ1v) is 8.77. The molecule has 0 atom stereocenters. The molecule has 1 aromatic heterocycles. The van der Waals surface area contributed by atoms with Gasteiger partial charge in [0.05, 0.1) is 5.69 Å². The molecule has 0 saturated heterocycles. The van der Waals surface area contributed by atoms with E-state index in [2.05, 4.69) is 25.9 Å². The molecule has 27 heavy (non-hydrogen) atoms. The van der Waals surface area contributed by atoms with Gasteiger partial charge in [0.2, 0.25) is 5.95 Å². The second-order valence-electron chi connectivity index (χ2n) is 6.34. The maximum Gasteiger partial charge on any atom is 0.421 e. The molecule has 0 bridgehead atoms. The summed E-state index contributed by atoms with van der Waals surface area (Å²) in [7, 11) is 0. The van der Waals surface area contributed by atoms with E-state index in [0.717, 1.165) is 37.7 Å². The molecule has 0 spiro atoms. The van der Waals surface area contributed by atoms with Crippen molar-refractivity contribution in [3.05, 3.63) is 35.5 Å². The van der Waals surface area contributed by atoms with Crippen molar-refractivity contribution >= 4 is 29.4 Å². The second kappa shape index (κ2) is 7.81. The summed E-state index contributed by atoms with van der Waals surface area (Å²) in [6, 6.07) is 5.38. The van der Waals surface area contributed by atoms with Crippen molar-refractivity contribution in [2.24, 2.45) is 0 Å². The molecule has 0 unspecified atom stereocenters. The largest absolute Gasteiger partial charge is 0.421 e. The van der Waals surface area contributed by atoms with Crippen LogP contribution in [0.4, 0.5) is 36.3 Å². The van der Waals surface area contributed by atoms with Gasteiger partial charge in [-0.05, 0) is 31.4 Å². The van der Waals surface area contributed by atoms with E-state index >= 15 is 0 Å². The molecule has 1 aromatic carbocycles. The molecule has 1 heterocycles. The van der Waals surface area contributed by atoms with E-state index in [4.69, 9.17) is 5.41 Å². The minimum atomic E-state index is -4.53. The molecular weight excluding hydrogens is 357 g/mol. The van der Waals surface area contributed by atoms with Gasteiger partial charge in [-0.15, -0.1) is 0 Å². The van der Waals surface area contributed by atoms with E-state index in [9.17, 15) is 13.2 Å². The highest BCUT2D eigenvalue weighted by molar-refractivity contribution is 5.94. The number of anilines is 4. The number of nitrogens with one attached hydrogen (secondary N) is 4. The highest BCUT2D eigenvalue weighted by atomic mass is 19.4. The number of alkyl halides is 3. The molecule has 1 fully saturated rings. The Morgan fingerprint density at radius 3 is 2.63 bits per heavy atom. The number of benzene rings is 1. The zero-order valence-electron chi connectivity index (χ0n) is 14.8. The Kier molecular flexibility index (Phi) is 5.48. The molecule has 0 radical (unpaired) electrons. The zero-order valence-corrected chi connectivity index (χ0v) is 14.8. The van der Waals surface area contributed by atoms with Crippen molar-refractivity contribution in [1.29, 1.82) is 5.41 Å². The van der Waals surface area contributed by atoms with Crippen LogP contribution in [0.25, 0.3) is 0 Å². The lowest BCUT2D eigenvalue weighted by Crippen LogP contribution is -2.15. The van der Waals surface area contributed by atoms with Crippen LogP contribution < -0.4 is 16.0 Å². The van der Waals surface area contributed by atoms with Crippen LogP contribution >= 0.6 is 0 Å². The lowest BCUT2D eigenvalue weighted by Gasteiger charge is -2.16. The summed E-state index contributed by atoms with van der Waals surface area (Å²) < 4.78 is 39.6. The van der Waals surface area contributed by atoms with Gasteiger partial charge in [0.25, 0.3) is 0 Å². The van der Waals surface area contributed by atoms with Gasteiger partial charge in [0.15, 0.2) is 0 Å². The highest BCUT2D eigenvalue weighted by Crippen LogP contribution is 2.36. The Labute approximate surface area is 155 Å².